The molecular formula is C16H25NO6S. The van der Waals surface area contributed by atoms with Gasteiger partial charge in [0.05, 0.1) is 25.5 Å². The SMILES string of the molecule is CO[C@@H]1O[C@H](COCc2ccccc2)[C@H](OS(C)(=O)=O)[C@H]1N(C)C. The van der Waals surface area contributed by atoms with Gasteiger partial charge in [-0.1, -0.05) is 30.3 Å². The molecule has 0 saturated carbocycles. The van der Waals surface area contributed by atoms with E-state index in [1.807, 2.05) is 49.3 Å². The highest BCUT2D eigenvalue weighted by molar-refractivity contribution is 7.86. The molecule has 1 aliphatic heterocycles. The lowest BCUT2D eigenvalue weighted by Gasteiger charge is -2.28. The summed E-state index contributed by atoms with van der Waals surface area (Å²) in [7, 11) is 1.54. The van der Waals surface area contributed by atoms with Gasteiger partial charge in [-0.15, -0.1) is 0 Å². The van der Waals surface area contributed by atoms with E-state index < -0.39 is 28.6 Å². The summed E-state index contributed by atoms with van der Waals surface area (Å²) < 4.78 is 45.3. The Morgan fingerprint density at radius 1 is 1.21 bits per heavy atom. The molecule has 0 radical (unpaired) electrons. The zero-order chi connectivity index (χ0) is 17.7. The Hall–Kier alpha value is -1.03. The van der Waals surface area contributed by atoms with Crippen LogP contribution >= 0.6 is 0 Å². The highest BCUT2D eigenvalue weighted by atomic mass is 32.2. The molecule has 1 aliphatic rings. The second-order valence-corrected chi connectivity index (χ2v) is 7.60. The van der Waals surface area contributed by atoms with Crippen molar-refractivity contribution in [3.63, 3.8) is 0 Å². The number of rotatable bonds is 8. The summed E-state index contributed by atoms with van der Waals surface area (Å²) in [6.07, 6.45) is -0.796. The summed E-state index contributed by atoms with van der Waals surface area (Å²) in [5, 5.41) is 0. The number of nitrogens with zero attached hydrogens (tertiary/aromatic N) is 1. The lowest BCUT2D eigenvalue weighted by Crippen LogP contribution is -2.47. The number of methoxy groups -OCH3 is 1. The van der Waals surface area contributed by atoms with Gasteiger partial charge in [-0.2, -0.15) is 8.42 Å². The van der Waals surface area contributed by atoms with E-state index in [1.54, 1.807) is 0 Å². The molecule has 0 amide bonds. The molecule has 24 heavy (non-hydrogen) atoms. The number of ether oxygens (including phenoxy) is 3. The summed E-state index contributed by atoms with van der Waals surface area (Å²) in [5.41, 5.74) is 1.03. The molecule has 136 valence electrons. The second kappa shape index (κ2) is 8.37. The van der Waals surface area contributed by atoms with Crippen LogP contribution in [0, 0.1) is 0 Å². The van der Waals surface area contributed by atoms with E-state index in [1.165, 1.54) is 7.11 Å². The maximum Gasteiger partial charge on any atom is 0.264 e. The van der Waals surface area contributed by atoms with E-state index in [2.05, 4.69) is 0 Å². The van der Waals surface area contributed by atoms with Gasteiger partial charge in [-0.05, 0) is 19.7 Å². The average molecular weight is 359 g/mol. The van der Waals surface area contributed by atoms with Crippen molar-refractivity contribution < 1.29 is 26.8 Å². The molecule has 0 N–H and O–H groups in total. The molecule has 0 bridgehead atoms. The predicted molar refractivity (Wildman–Crippen MR) is 89.0 cm³/mol. The van der Waals surface area contributed by atoms with Crippen LogP contribution in [0.5, 0.6) is 0 Å². The standard InChI is InChI=1S/C16H25NO6S/c1-17(2)14-15(23-24(4,18)19)13(22-16(14)20-3)11-21-10-12-8-6-5-7-9-12/h5-9,13-16H,10-11H2,1-4H3/t13-,14-,15+,16-/m1/s1. The van der Waals surface area contributed by atoms with E-state index in [0.717, 1.165) is 11.8 Å². The minimum atomic E-state index is -3.63. The molecule has 7 nitrogen and oxygen atoms in total. The van der Waals surface area contributed by atoms with Crippen molar-refractivity contribution in [2.45, 2.75) is 31.1 Å². The molecule has 1 fully saturated rings. The van der Waals surface area contributed by atoms with Gasteiger partial charge in [0, 0.05) is 7.11 Å². The van der Waals surface area contributed by atoms with Crippen molar-refractivity contribution in [2.24, 2.45) is 0 Å². The van der Waals surface area contributed by atoms with Gasteiger partial charge in [0.1, 0.15) is 12.2 Å². The van der Waals surface area contributed by atoms with Crippen LogP contribution in [0.1, 0.15) is 5.56 Å². The summed E-state index contributed by atoms with van der Waals surface area (Å²) in [6, 6.07) is 9.37. The van der Waals surface area contributed by atoms with Crippen LogP contribution in [-0.4, -0.2) is 71.9 Å². The van der Waals surface area contributed by atoms with Crippen LogP contribution in [-0.2, 0) is 35.1 Å². The third-order valence-electron chi connectivity index (χ3n) is 3.80. The van der Waals surface area contributed by atoms with Crippen LogP contribution in [0.25, 0.3) is 0 Å². The first kappa shape index (κ1) is 19.3. The number of hydrogen-bond acceptors (Lipinski definition) is 7. The first-order valence-electron chi connectivity index (χ1n) is 7.66. The van der Waals surface area contributed by atoms with E-state index >= 15 is 0 Å². The molecule has 0 spiro atoms. The molecule has 1 saturated heterocycles. The van der Waals surface area contributed by atoms with Crippen LogP contribution in [0.4, 0.5) is 0 Å². The Morgan fingerprint density at radius 3 is 2.42 bits per heavy atom. The number of hydrogen-bond donors (Lipinski definition) is 0. The molecule has 1 aromatic carbocycles. The topological polar surface area (TPSA) is 74.3 Å². The highest BCUT2D eigenvalue weighted by Gasteiger charge is 2.48. The van der Waals surface area contributed by atoms with Gasteiger partial charge in [0.25, 0.3) is 10.1 Å². The van der Waals surface area contributed by atoms with E-state index in [4.69, 9.17) is 18.4 Å². The van der Waals surface area contributed by atoms with Crippen molar-refractivity contribution in [1.29, 1.82) is 0 Å². The predicted octanol–water partition coefficient (Wildman–Crippen LogP) is 0.849. The quantitative estimate of drug-likeness (QED) is 0.637. The highest BCUT2D eigenvalue weighted by Crippen LogP contribution is 2.29. The fraction of sp³-hybridized carbons (Fsp3) is 0.625. The minimum absolute atomic E-state index is 0.208. The van der Waals surface area contributed by atoms with Gasteiger partial charge in [-0.3, -0.25) is 9.08 Å². The Morgan fingerprint density at radius 2 is 1.88 bits per heavy atom. The Bertz CT molecular complexity index is 606. The number of benzene rings is 1. The van der Waals surface area contributed by atoms with Crippen molar-refractivity contribution in [1.82, 2.24) is 4.90 Å². The van der Waals surface area contributed by atoms with E-state index in [0.29, 0.717) is 6.61 Å². The largest absolute Gasteiger partial charge is 0.374 e. The first-order valence-corrected chi connectivity index (χ1v) is 9.48. The average Bonchev–Trinajstić information content (AvgIpc) is 2.84. The molecule has 4 atom stereocenters. The smallest absolute Gasteiger partial charge is 0.264 e. The van der Waals surface area contributed by atoms with Crippen molar-refractivity contribution in [2.75, 3.05) is 34.1 Å². The second-order valence-electron chi connectivity index (χ2n) is 6.00. The van der Waals surface area contributed by atoms with Crippen molar-refractivity contribution in [3.05, 3.63) is 35.9 Å². The Balaban J connectivity index is 2.04. The van der Waals surface area contributed by atoms with Crippen LogP contribution in [0.3, 0.4) is 0 Å². The molecule has 1 heterocycles. The zero-order valence-electron chi connectivity index (χ0n) is 14.4. The van der Waals surface area contributed by atoms with Gasteiger partial charge in [-0.25, -0.2) is 0 Å². The summed E-state index contributed by atoms with van der Waals surface area (Å²) in [6.45, 7) is 0.621. The van der Waals surface area contributed by atoms with Crippen molar-refractivity contribution >= 4 is 10.1 Å². The minimum Gasteiger partial charge on any atom is -0.374 e. The van der Waals surface area contributed by atoms with Crippen LogP contribution < -0.4 is 0 Å². The maximum absolute atomic E-state index is 11.6. The summed E-state index contributed by atoms with van der Waals surface area (Å²) in [4.78, 5) is 1.83. The Labute approximate surface area is 143 Å². The Kier molecular flexibility index (Phi) is 6.73. The van der Waals surface area contributed by atoms with E-state index in [9.17, 15) is 8.42 Å². The molecule has 0 aromatic heterocycles. The summed E-state index contributed by atoms with van der Waals surface area (Å²) in [5.74, 6) is 0. The fourth-order valence-corrected chi connectivity index (χ4v) is 3.40. The van der Waals surface area contributed by atoms with Crippen LogP contribution in [0.2, 0.25) is 0 Å². The first-order chi connectivity index (χ1) is 11.3. The van der Waals surface area contributed by atoms with Gasteiger partial charge < -0.3 is 14.2 Å². The van der Waals surface area contributed by atoms with E-state index in [-0.39, 0.29) is 12.6 Å². The third kappa shape index (κ3) is 5.23. The third-order valence-corrected chi connectivity index (χ3v) is 4.37. The molecule has 8 heteroatoms. The van der Waals surface area contributed by atoms with Gasteiger partial charge >= 0.3 is 0 Å². The van der Waals surface area contributed by atoms with Gasteiger partial charge in [0.15, 0.2) is 6.29 Å². The number of likely N-dealkylation sites (N-methyl/N-ethyl adjacent to an activating group) is 1. The molecule has 1 aromatic rings. The van der Waals surface area contributed by atoms with Gasteiger partial charge in [0.2, 0.25) is 0 Å². The monoisotopic (exact) mass is 359 g/mol. The fourth-order valence-electron chi connectivity index (χ4n) is 2.76. The lowest BCUT2D eigenvalue weighted by molar-refractivity contribution is -0.145. The molecule has 0 unspecified atom stereocenters. The normalized spacial score (nSPS) is 27.7. The van der Waals surface area contributed by atoms with Crippen molar-refractivity contribution in [3.8, 4) is 0 Å². The molecule has 2 rings (SSSR count). The summed E-state index contributed by atoms with van der Waals surface area (Å²) >= 11 is 0. The zero-order valence-corrected chi connectivity index (χ0v) is 15.2. The van der Waals surface area contributed by atoms with Crippen LogP contribution in [0.15, 0.2) is 30.3 Å². The lowest BCUT2D eigenvalue weighted by atomic mass is 10.1. The molecular weight excluding hydrogens is 334 g/mol. The molecule has 0 aliphatic carbocycles. The maximum atomic E-state index is 11.6.